The van der Waals surface area contributed by atoms with Crippen LogP contribution >= 0.6 is 11.3 Å². The van der Waals surface area contributed by atoms with E-state index in [1.165, 1.54) is 25.8 Å². The van der Waals surface area contributed by atoms with Crippen LogP contribution in [0, 0.1) is 36.6 Å². The monoisotopic (exact) mass is 414 g/mol. The van der Waals surface area contributed by atoms with Crippen LogP contribution in [0.5, 0.6) is 0 Å². The third-order valence-electron chi connectivity index (χ3n) is 5.55. The van der Waals surface area contributed by atoms with Gasteiger partial charge in [0.05, 0.1) is 13.0 Å². The van der Waals surface area contributed by atoms with Gasteiger partial charge in [-0.15, -0.1) is 11.3 Å². The smallest absolute Gasteiger partial charge is 0.306 e. The predicted molar refractivity (Wildman–Crippen MR) is 121 cm³/mol. The molecule has 158 valence electrons. The quantitative estimate of drug-likeness (QED) is 0.313. The molecule has 3 rings (SSSR count). The Labute approximate surface area is 178 Å². The lowest BCUT2D eigenvalue weighted by molar-refractivity contribution is -0.145. The van der Waals surface area contributed by atoms with Gasteiger partial charge in [-0.3, -0.25) is 9.59 Å². The maximum atomic E-state index is 12.2. The lowest BCUT2D eigenvalue weighted by Crippen LogP contribution is -2.20. The number of carbonyl (C=O) groups excluding carboxylic acids is 2. The summed E-state index contributed by atoms with van der Waals surface area (Å²) in [6.07, 6.45) is 2.67. The van der Waals surface area contributed by atoms with Crippen molar-refractivity contribution < 1.29 is 14.3 Å². The molecule has 1 aromatic rings. The Morgan fingerprint density at radius 3 is 2.21 bits per heavy atom. The average Bonchev–Trinajstić information content (AvgIpc) is 2.91. The maximum Gasteiger partial charge on any atom is 0.306 e. The number of thiophene rings is 1. The first-order valence-corrected chi connectivity index (χ1v) is 11.3. The SMILES string of the molecule is CCOC(=O)CC(C)(C)CCc1sc(C)c(C)c1C(=O)CC.Cc1cc2ccc1=2. The van der Waals surface area contributed by atoms with Crippen LogP contribution in [0.25, 0.3) is 0 Å². The summed E-state index contributed by atoms with van der Waals surface area (Å²) in [5.41, 5.74) is 3.36. The summed E-state index contributed by atoms with van der Waals surface area (Å²) < 4.78 is 5.04. The zero-order valence-electron chi connectivity index (χ0n) is 18.9. The summed E-state index contributed by atoms with van der Waals surface area (Å²) in [5, 5.41) is 2.91. The molecule has 3 nitrogen and oxygen atoms in total. The summed E-state index contributed by atoms with van der Waals surface area (Å²) in [6.45, 7) is 14.6. The number of hydrogen-bond donors (Lipinski definition) is 0. The standard InChI is InChI=1S/C18H28O3S.C7H6/c1-7-14(19)17-12(3)13(4)22-15(17)9-10-18(5,6)11-16(20)21-8-2;1-5-4-6-2-3-7(5)6/h7-11H2,1-6H3;2-4H,1H3. The Bertz CT molecular complexity index is 982. The van der Waals surface area contributed by atoms with E-state index in [9.17, 15) is 9.59 Å². The molecule has 2 aliphatic carbocycles. The number of ether oxygens (including phenoxy) is 1. The summed E-state index contributed by atoms with van der Waals surface area (Å²) in [6, 6.07) is 6.50. The molecule has 0 radical (unpaired) electrons. The Kier molecular flexibility index (Phi) is 7.81. The highest BCUT2D eigenvalue weighted by molar-refractivity contribution is 7.12. The lowest BCUT2D eigenvalue weighted by Gasteiger charge is -2.23. The lowest BCUT2D eigenvalue weighted by atomic mass is 9.83. The van der Waals surface area contributed by atoms with Crippen molar-refractivity contribution in [1.82, 2.24) is 0 Å². The molecular weight excluding hydrogens is 380 g/mol. The van der Waals surface area contributed by atoms with Crippen LogP contribution in [-0.2, 0) is 16.0 Å². The fourth-order valence-corrected chi connectivity index (χ4v) is 4.74. The fourth-order valence-electron chi connectivity index (χ4n) is 3.54. The number of aryl methyl sites for hydroxylation is 3. The molecule has 1 heterocycles. The Balaban J connectivity index is 0.000000351. The molecule has 0 N–H and O–H groups in total. The second kappa shape index (κ2) is 9.71. The second-order valence-corrected chi connectivity index (χ2v) is 9.84. The van der Waals surface area contributed by atoms with Crippen molar-refractivity contribution in [3.63, 3.8) is 0 Å². The minimum atomic E-state index is -0.143. The number of rotatable bonds is 8. The van der Waals surface area contributed by atoms with Gasteiger partial charge >= 0.3 is 5.97 Å². The Hall–Kier alpha value is -1.94. The first-order valence-electron chi connectivity index (χ1n) is 10.5. The van der Waals surface area contributed by atoms with Crippen molar-refractivity contribution in [3.8, 4) is 0 Å². The molecular formula is C25H34O3S. The van der Waals surface area contributed by atoms with E-state index in [1.54, 1.807) is 11.3 Å². The Morgan fingerprint density at radius 2 is 1.79 bits per heavy atom. The van der Waals surface area contributed by atoms with Crippen molar-refractivity contribution in [1.29, 1.82) is 0 Å². The fraction of sp³-hybridized carbons (Fsp3) is 0.520. The van der Waals surface area contributed by atoms with Gasteiger partial charge in [-0.1, -0.05) is 39.0 Å². The third-order valence-corrected chi connectivity index (χ3v) is 6.82. The van der Waals surface area contributed by atoms with Crippen LogP contribution in [-0.4, -0.2) is 18.4 Å². The van der Waals surface area contributed by atoms with E-state index in [1.807, 2.05) is 20.8 Å². The van der Waals surface area contributed by atoms with Gasteiger partial charge in [-0.25, -0.2) is 0 Å². The van der Waals surface area contributed by atoms with Crippen molar-refractivity contribution in [2.45, 2.75) is 74.1 Å². The van der Waals surface area contributed by atoms with Gasteiger partial charge in [-0.2, -0.15) is 0 Å². The van der Waals surface area contributed by atoms with Gasteiger partial charge in [-0.05, 0) is 67.5 Å². The van der Waals surface area contributed by atoms with E-state index in [0.29, 0.717) is 19.4 Å². The van der Waals surface area contributed by atoms with Gasteiger partial charge in [0.25, 0.3) is 0 Å². The molecule has 29 heavy (non-hydrogen) atoms. The van der Waals surface area contributed by atoms with Gasteiger partial charge in [0.15, 0.2) is 5.78 Å². The molecule has 0 saturated heterocycles. The number of benzene rings is 1. The van der Waals surface area contributed by atoms with E-state index in [2.05, 4.69) is 45.9 Å². The average molecular weight is 415 g/mol. The van der Waals surface area contributed by atoms with Gasteiger partial charge < -0.3 is 4.74 Å². The summed E-state index contributed by atoms with van der Waals surface area (Å²) in [4.78, 5) is 26.2. The minimum Gasteiger partial charge on any atom is -0.466 e. The first kappa shape index (κ1) is 23.3. The molecule has 2 aliphatic rings. The van der Waals surface area contributed by atoms with E-state index in [-0.39, 0.29) is 17.2 Å². The van der Waals surface area contributed by atoms with E-state index >= 15 is 0 Å². The number of carbonyl (C=O) groups is 2. The van der Waals surface area contributed by atoms with Crippen LogP contribution < -0.4 is 0 Å². The number of esters is 1. The molecule has 0 bridgehead atoms. The van der Waals surface area contributed by atoms with E-state index < -0.39 is 0 Å². The highest BCUT2D eigenvalue weighted by atomic mass is 32.1. The predicted octanol–water partition coefficient (Wildman–Crippen LogP) is 6.47. The number of ketones is 1. The zero-order valence-corrected chi connectivity index (χ0v) is 19.7. The third kappa shape index (κ3) is 5.79. The van der Waals surface area contributed by atoms with Crippen LogP contribution in [0.15, 0.2) is 18.2 Å². The summed E-state index contributed by atoms with van der Waals surface area (Å²) >= 11 is 1.72. The molecule has 0 atom stereocenters. The molecule has 0 saturated carbocycles. The molecule has 0 spiro atoms. The van der Waals surface area contributed by atoms with Crippen molar-refractivity contribution in [3.05, 3.63) is 55.1 Å². The van der Waals surface area contributed by atoms with Gasteiger partial charge in [0.2, 0.25) is 0 Å². The molecule has 4 heteroatoms. The van der Waals surface area contributed by atoms with Crippen molar-refractivity contribution in [2.24, 2.45) is 5.41 Å². The second-order valence-electron chi connectivity index (χ2n) is 8.53. The van der Waals surface area contributed by atoms with Gasteiger partial charge in [0.1, 0.15) is 0 Å². The Morgan fingerprint density at radius 1 is 1.10 bits per heavy atom. The minimum absolute atomic E-state index is 0.120. The largest absolute Gasteiger partial charge is 0.466 e. The highest BCUT2D eigenvalue weighted by Gasteiger charge is 2.25. The van der Waals surface area contributed by atoms with Gasteiger partial charge in [0, 0.05) is 21.7 Å². The van der Waals surface area contributed by atoms with Crippen molar-refractivity contribution in [2.75, 3.05) is 6.61 Å². The summed E-state index contributed by atoms with van der Waals surface area (Å²) in [5.74, 6) is 0.0796. The molecule has 1 aromatic heterocycles. The maximum absolute atomic E-state index is 12.2. The summed E-state index contributed by atoms with van der Waals surface area (Å²) in [7, 11) is 0. The first-order chi connectivity index (χ1) is 13.6. The normalized spacial score (nSPS) is 11.6. The topological polar surface area (TPSA) is 43.4 Å². The molecule has 0 aliphatic heterocycles. The van der Waals surface area contributed by atoms with E-state index in [4.69, 9.17) is 4.74 Å². The molecule has 0 aromatic carbocycles. The number of hydrogen-bond acceptors (Lipinski definition) is 4. The van der Waals surface area contributed by atoms with Crippen LogP contribution in [0.3, 0.4) is 0 Å². The van der Waals surface area contributed by atoms with Crippen LogP contribution in [0.2, 0.25) is 0 Å². The van der Waals surface area contributed by atoms with E-state index in [0.717, 1.165) is 24.0 Å². The molecule has 0 fully saturated rings. The van der Waals surface area contributed by atoms with Crippen molar-refractivity contribution >= 4 is 23.1 Å². The van der Waals surface area contributed by atoms with Crippen LogP contribution in [0.4, 0.5) is 0 Å². The number of Topliss-reactive ketones (excluding diaryl/α,β-unsaturated/α-hetero) is 1. The molecule has 0 unspecified atom stereocenters. The molecule has 0 amide bonds. The van der Waals surface area contributed by atoms with Crippen LogP contribution in [0.1, 0.15) is 78.2 Å². The highest BCUT2D eigenvalue weighted by Crippen LogP contribution is 2.34. The zero-order chi connectivity index (χ0) is 21.8.